The van der Waals surface area contributed by atoms with Crippen molar-refractivity contribution in [3.63, 3.8) is 0 Å². The predicted octanol–water partition coefficient (Wildman–Crippen LogP) is 5.66. The molecule has 5 rings (SSSR count). The maximum absolute atomic E-state index is 13.8. The van der Waals surface area contributed by atoms with Gasteiger partial charge < -0.3 is 5.11 Å². The minimum Gasteiger partial charge on any atom is -0.508 e. The minimum atomic E-state index is -0.761. The maximum Gasteiger partial charge on any atom is 0.275 e. The van der Waals surface area contributed by atoms with Crippen LogP contribution in [0.15, 0.2) is 82.7 Å². The number of aromatic amines is 1. The van der Waals surface area contributed by atoms with E-state index in [9.17, 15) is 14.7 Å². The van der Waals surface area contributed by atoms with E-state index in [4.69, 9.17) is 23.2 Å². The first-order valence-electron chi connectivity index (χ1n) is 11.3. The van der Waals surface area contributed by atoms with E-state index in [0.717, 1.165) is 0 Å². The van der Waals surface area contributed by atoms with Gasteiger partial charge in [-0.25, -0.2) is 9.69 Å². The number of phenolic OH excluding ortho intramolecular Hbond substituents is 1. The Bertz CT molecular complexity index is 1540. The summed E-state index contributed by atoms with van der Waals surface area (Å²) < 4.78 is 1.43. The van der Waals surface area contributed by atoms with E-state index in [1.807, 2.05) is 0 Å². The number of rotatable bonds is 5. The number of amides is 1. The molecule has 36 heavy (non-hydrogen) atoms. The summed E-state index contributed by atoms with van der Waals surface area (Å²) in [6.45, 7) is 3.57. The van der Waals surface area contributed by atoms with Gasteiger partial charge in [-0.1, -0.05) is 35.3 Å². The number of phenols is 1. The zero-order valence-electron chi connectivity index (χ0n) is 19.4. The summed E-state index contributed by atoms with van der Waals surface area (Å²) in [6.07, 6.45) is 0. The number of aryl methyl sites for hydroxylation is 1. The van der Waals surface area contributed by atoms with Gasteiger partial charge >= 0.3 is 0 Å². The van der Waals surface area contributed by atoms with Crippen LogP contribution in [0.1, 0.15) is 29.7 Å². The lowest BCUT2D eigenvalue weighted by Crippen LogP contribution is -2.34. The van der Waals surface area contributed by atoms with E-state index in [1.54, 1.807) is 86.6 Å². The number of hydrazone groups is 1. The molecule has 182 valence electrons. The highest BCUT2D eigenvalue weighted by Gasteiger charge is 2.43. The fourth-order valence-corrected chi connectivity index (χ4v) is 4.92. The monoisotopic (exact) mass is 520 g/mol. The van der Waals surface area contributed by atoms with E-state index in [2.05, 4.69) is 10.2 Å². The van der Waals surface area contributed by atoms with Gasteiger partial charge in [-0.2, -0.15) is 5.10 Å². The first-order valence-corrected chi connectivity index (χ1v) is 12.0. The number of hydrogen-bond donors (Lipinski definition) is 2. The molecule has 4 aromatic rings. The number of nitrogens with one attached hydrogen (secondary N) is 1. The van der Waals surface area contributed by atoms with Crippen LogP contribution in [0.3, 0.4) is 0 Å². The van der Waals surface area contributed by atoms with E-state index < -0.39 is 11.8 Å². The summed E-state index contributed by atoms with van der Waals surface area (Å²) in [6, 6.07) is 20.3. The minimum absolute atomic E-state index is 0.0401. The van der Waals surface area contributed by atoms with Gasteiger partial charge in [-0.05, 0) is 80.1 Å². The molecule has 0 unspecified atom stereocenters. The Labute approximate surface area is 217 Å². The molecule has 2 atom stereocenters. The highest BCUT2D eigenvalue weighted by Crippen LogP contribution is 2.39. The number of carbonyl (C=O) groups excluding carboxylic acids is 1. The lowest BCUT2D eigenvalue weighted by molar-refractivity contribution is -0.120. The molecule has 1 aromatic heterocycles. The third-order valence-corrected chi connectivity index (χ3v) is 6.83. The molecular weight excluding hydrogens is 499 g/mol. The molecule has 0 spiro atoms. The smallest absolute Gasteiger partial charge is 0.275 e. The number of carbonyl (C=O) groups is 1. The average Bonchev–Trinajstić information content (AvgIpc) is 3.31. The molecule has 3 aromatic carbocycles. The Morgan fingerprint density at radius 1 is 0.917 bits per heavy atom. The molecule has 0 saturated carbocycles. The molecule has 1 aliphatic heterocycles. The molecule has 9 heteroatoms. The summed E-state index contributed by atoms with van der Waals surface area (Å²) >= 11 is 12.1. The van der Waals surface area contributed by atoms with Gasteiger partial charge in [-0.3, -0.25) is 14.7 Å². The van der Waals surface area contributed by atoms with Gasteiger partial charge in [0.1, 0.15) is 5.75 Å². The van der Waals surface area contributed by atoms with E-state index >= 15 is 0 Å². The van der Waals surface area contributed by atoms with Crippen molar-refractivity contribution in [1.29, 1.82) is 0 Å². The Balaban J connectivity index is 1.65. The average molecular weight is 521 g/mol. The lowest BCUT2D eigenvalue weighted by Gasteiger charge is -2.23. The summed E-state index contributed by atoms with van der Waals surface area (Å²) in [4.78, 5) is 27.6. The summed E-state index contributed by atoms with van der Waals surface area (Å²) in [7, 11) is 0. The van der Waals surface area contributed by atoms with Gasteiger partial charge in [0.25, 0.3) is 11.5 Å². The number of anilines is 1. The normalized spacial score (nSPS) is 16.3. The summed E-state index contributed by atoms with van der Waals surface area (Å²) in [5.74, 6) is -1.69. The van der Waals surface area contributed by atoms with Crippen molar-refractivity contribution in [3.8, 4) is 11.4 Å². The van der Waals surface area contributed by atoms with Crippen LogP contribution in [0.4, 0.5) is 5.69 Å². The SMILES string of the molecule is CC1=NN(c2ccc(Cl)cc2)C(=O)[C@@H]1[C@H](c1cccc(O)c1)c1c(C)[nH]n(-c2ccc(Cl)cc2)c1=O. The van der Waals surface area contributed by atoms with Crippen molar-refractivity contribution in [3.05, 3.63) is 110 Å². The number of aromatic hydroxyl groups is 1. The highest BCUT2D eigenvalue weighted by atomic mass is 35.5. The van der Waals surface area contributed by atoms with Crippen molar-refractivity contribution < 1.29 is 9.90 Å². The molecule has 2 N–H and O–H groups in total. The quantitative estimate of drug-likeness (QED) is 0.355. The molecule has 1 amide bonds. The molecule has 2 heterocycles. The standard InChI is InChI=1S/C27H22Cl2N4O3/c1-15-23(26(35)32(30-15)20-10-6-18(28)7-11-20)25(17-4-3-5-22(34)14-17)24-16(2)31-33(27(24)36)21-12-8-19(29)9-13-21/h3-14,23,25,31,34H,1-2H3/t23-,25-/m0/s1. The number of nitrogens with zero attached hydrogens (tertiary/aromatic N) is 3. The molecule has 0 bridgehead atoms. The Hall–Kier alpha value is -3.81. The second-order valence-electron chi connectivity index (χ2n) is 8.69. The van der Waals surface area contributed by atoms with Gasteiger partial charge in [0, 0.05) is 32.9 Å². The molecular formula is C27H22Cl2N4O3. The van der Waals surface area contributed by atoms with Crippen molar-refractivity contribution in [2.24, 2.45) is 11.0 Å². The van der Waals surface area contributed by atoms with E-state index in [1.165, 1.54) is 9.69 Å². The second-order valence-corrected chi connectivity index (χ2v) is 9.56. The largest absolute Gasteiger partial charge is 0.508 e. The predicted molar refractivity (Wildman–Crippen MR) is 142 cm³/mol. The van der Waals surface area contributed by atoms with Gasteiger partial charge in [0.2, 0.25) is 0 Å². The molecule has 0 aliphatic carbocycles. The molecule has 0 fully saturated rings. The van der Waals surface area contributed by atoms with Crippen molar-refractivity contribution in [1.82, 2.24) is 9.78 Å². The molecule has 0 radical (unpaired) electrons. The van der Waals surface area contributed by atoms with E-state index in [-0.39, 0.29) is 17.2 Å². The van der Waals surface area contributed by atoms with Crippen LogP contribution in [0.25, 0.3) is 5.69 Å². The highest BCUT2D eigenvalue weighted by molar-refractivity contribution is 6.31. The lowest BCUT2D eigenvalue weighted by atomic mass is 9.78. The van der Waals surface area contributed by atoms with Gasteiger partial charge in [-0.15, -0.1) is 0 Å². The zero-order valence-corrected chi connectivity index (χ0v) is 21.0. The number of hydrogen-bond acceptors (Lipinski definition) is 4. The number of benzene rings is 3. The molecule has 0 saturated heterocycles. The number of halogens is 2. The fraction of sp³-hybridized carbons (Fsp3) is 0.148. The fourth-order valence-electron chi connectivity index (χ4n) is 4.67. The van der Waals surface area contributed by atoms with Crippen molar-refractivity contribution >= 4 is 40.5 Å². The summed E-state index contributed by atoms with van der Waals surface area (Å²) in [5, 5.41) is 20.4. The Morgan fingerprint density at radius 2 is 1.53 bits per heavy atom. The van der Waals surface area contributed by atoms with Crippen LogP contribution in [-0.4, -0.2) is 26.5 Å². The first kappa shape index (κ1) is 23.9. The van der Waals surface area contributed by atoms with Crippen LogP contribution < -0.4 is 10.6 Å². The topological polar surface area (TPSA) is 90.7 Å². The van der Waals surface area contributed by atoms with Crippen LogP contribution in [-0.2, 0) is 4.79 Å². The number of H-pyrrole nitrogens is 1. The number of aromatic nitrogens is 2. The van der Waals surface area contributed by atoms with Crippen molar-refractivity contribution in [2.75, 3.05) is 5.01 Å². The Kier molecular flexibility index (Phi) is 6.20. The van der Waals surface area contributed by atoms with E-state index in [0.29, 0.717) is 44.0 Å². The third-order valence-electron chi connectivity index (χ3n) is 6.33. The van der Waals surface area contributed by atoms with Crippen LogP contribution in [0.2, 0.25) is 10.0 Å². The van der Waals surface area contributed by atoms with Crippen molar-refractivity contribution in [2.45, 2.75) is 19.8 Å². The van der Waals surface area contributed by atoms with Crippen LogP contribution in [0.5, 0.6) is 5.75 Å². The zero-order chi connectivity index (χ0) is 25.6. The molecule has 7 nitrogen and oxygen atoms in total. The third kappa shape index (κ3) is 4.21. The van der Waals surface area contributed by atoms with Gasteiger partial charge in [0.05, 0.1) is 17.3 Å². The Morgan fingerprint density at radius 3 is 2.14 bits per heavy atom. The van der Waals surface area contributed by atoms with Crippen LogP contribution >= 0.6 is 23.2 Å². The first-order chi connectivity index (χ1) is 17.2. The van der Waals surface area contributed by atoms with Gasteiger partial charge in [0.15, 0.2) is 0 Å². The van der Waals surface area contributed by atoms with Crippen LogP contribution in [0, 0.1) is 12.8 Å². The molecule has 1 aliphatic rings. The summed E-state index contributed by atoms with van der Waals surface area (Å²) in [5.41, 5.74) is 3.10. The maximum atomic E-state index is 13.8. The second kappa shape index (κ2) is 9.33.